The molecule has 2 N–H and O–H groups in total. The van der Waals surface area contributed by atoms with Crippen LogP contribution in [0.25, 0.3) is 0 Å². The van der Waals surface area contributed by atoms with Crippen molar-refractivity contribution in [1.29, 1.82) is 0 Å². The lowest BCUT2D eigenvalue weighted by Gasteiger charge is -2.38. The SMILES string of the molecule is COc1ccc([C@@H](NC(=O)CCc2ccccc2C)C2CC(O)C2)cn1. The molecule has 0 saturated heterocycles. The standard InChI is InChI=1S/C21H26N2O3/c1-14-5-3-4-6-15(14)7-9-19(25)23-21(17-11-18(24)12-17)16-8-10-20(26-2)22-13-16/h3-6,8,10,13,17-18,21,24H,7,9,11-12H2,1-2H3,(H,23,25)/t17?,18?,21-/m1/s1. The Balaban J connectivity index is 1.65. The summed E-state index contributed by atoms with van der Waals surface area (Å²) >= 11 is 0. The number of hydrogen-bond acceptors (Lipinski definition) is 4. The average Bonchev–Trinajstić information content (AvgIpc) is 2.63. The van der Waals surface area contributed by atoms with Crippen molar-refractivity contribution in [3.8, 4) is 5.88 Å². The van der Waals surface area contributed by atoms with E-state index in [2.05, 4.69) is 29.4 Å². The van der Waals surface area contributed by atoms with Crippen LogP contribution in [0.1, 0.15) is 42.0 Å². The van der Waals surface area contributed by atoms with Crippen molar-refractivity contribution >= 4 is 5.91 Å². The second-order valence-corrected chi connectivity index (χ2v) is 6.99. The summed E-state index contributed by atoms with van der Waals surface area (Å²) in [6.07, 6.45) is 4.05. The molecule has 1 atom stereocenters. The number of amides is 1. The molecular weight excluding hydrogens is 328 g/mol. The maximum atomic E-state index is 12.5. The fourth-order valence-corrected chi connectivity index (χ4v) is 3.46. The number of benzene rings is 1. The van der Waals surface area contributed by atoms with Crippen LogP contribution < -0.4 is 10.1 Å². The summed E-state index contributed by atoms with van der Waals surface area (Å²) in [6, 6.07) is 11.8. The molecule has 1 fully saturated rings. The van der Waals surface area contributed by atoms with Crippen LogP contribution in [0, 0.1) is 12.8 Å². The molecule has 2 aromatic rings. The minimum atomic E-state index is -0.266. The van der Waals surface area contributed by atoms with Gasteiger partial charge in [-0.25, -0.2) is 4.98 Å². The molecule has 1 aromatic heterocycles. The molecule has 0 bridgehead atoms. The summed E-state index contributed by atoms with van der Waals surface area (Å²) in [5, 5.41) is 12.8. The predicted molar refractivity (Wildman–Crippen MR) is 99.9 cm³/mol. The fourth-order valence-electron chi connectivity index (χ4n) is 3.46. The topological polar surface area (TPSA) is 71.5 Å². The van der Waals surface area contributed by atoms with Gasteiger partial charge in [0.25, 0.3) is 0 Å². The molecule has 138 valence electrons. The van der Waals surface area contributed by atoms with Gasteiger partial charge < -0.3 is 15.2 Å². The van der Waals surface area contributed by atoms with Crippen LogP contribution in [-0.2, 0) is 11.2 Å². The normalized spacial score (nSPS) is 20.1. The summed E-state index contributed by atoms with van der Waals surface area (Å²) in [5.74, 6) is 0.810. The van der Waals surface area contributed by atoms with Gasteiger partial charge in [-0.1, -0.05) is 30.3 Å². The van der Waals surface area contributed by atoms with Crippen molar-refractivity contribution < 1.29 is 14.6 Å². The highest BCUT2D eigenvalue weighted by atomic mass is 16.5. The van der Waals surface area contributed by atoms with Gasteiger partial charge in [0.2, 0.25) is 11.8 Å². The highest BCUT2D eigenvalue weighted by Crippen LogP contribution is 2.38. The molecule has 5 nitrogen and oxygen atoms in total. The van der Waals surface area contributed by atoms with E-state index in [0.29, 0.717) is 25.1 Å². The molecule has 1 aliphatic carbocycles. The van der Waals surface area contributed by atoms with Gasteiger partial charge in [0.15, 0.2) is 0 Å². The Morgan fingerprint density at radius 2 is 2.08 bits per heavy atom. The number of carbonyl (C=O) groups is 1. The van der Waals surface area contributed by atoms with E-state index in [-0.39, 0.29) is 24.0 Å². The zero-order chi connectivity index (χ0) is 18.5. The first-order valence-electron chi connectivity index (χ1n) is 9.08. The van der Waals surface area contributed by atoms with E-state index in [9.17, 15) is 9.90 Å². The Kier molecular flexibility index (Phi) is 5.89. The van der Waals surface area contributed by atoms with Crippen molar-refractivity contribution in [2.24, 2.45) is 5.92 Å². The number of aromatic nitrogens is 1. The van der Waals surface area contributed by atoms with E-state index in [1.165, 1.54) is 11.1 Å². The second-order valence-electron chi connectivity index (χ2n) is 6.99. The lowest BCUT2D eigenvalue weighted by molar-refractivity contribution is -0.123. The number of carbonyl (C=O) groups excluding carboxylic acids is 1. The smallest absolute Gasteiger partial charge is 0.220 e. The highest BCUT2D eigenvalue weighted by Gasteiger charge is 2.35. The Morgan fingerprint density at radius 3 is 2.69 bits per heavy atom. The zero-order valence-corrected chi connectivity index (χ0v) is 15.3. The van der Waals surface area contributed by atoms with Gasteiger partial charge in [-0.3, -0.25) is 4.79 Å². The van der Waals surface area contributed by atoms with Gasteiger partial charge in [0.1, 0.15) is 0 Å². The number of hydrogen-bond donors (Lipinski definition) is 2. The molecule has 5 heteroatoms. The number of rotatable bonds is 7. The van der Waals surface area contributed by atoms with Crippen molar-refractivity contribution in [2.45, 2.75) is 44.8 Å². The maximum absolute atomic E-state index is 12.5. The van der Waals surface area contributed by atoms with Crippen LogP contribution in [0.3, 0.4) is 0 Å². The number of methoxy groups -OCH3 is 1. The second kappa shape index (κ2) is 8.32. The first-order chi connectivity index (χ1) is 12.6. The van der Waals surface area contributed by atoms with Crippen molar-refractivity contribution in [1.82, 2.24) is 10.3 Å². The third-order valence-corrected chi connectivity index (χ3v) is 5.15. The Hall–Kier alpha value is -2.40. The average molecular weight is 354 g/mol. The van der Waals surface area contributed by atoms with Gasteiger partial charge in [-0.2, -0.15) is 0 Å². The molecule has 26 heavy (non-hydrogen) atoms. The van der Waals surface area contributed by atoms with E-state index in [0.717, 1.165) is 12.0 Å². The molecule has 1 amide bonds. The number of aliphatic hydroxyl groups is 1. The molecule has 1 aliphatic rings. The molecular formula is C21H26N2O3. The zero-order valence-electron chi connectivity index (χ0n) is 15.3. The Labute approximate surface area is 154 Å². The Morgan fingerprint density at radius 1 is 1.31 bits per heavy atom. The quantitative estimate of drug-likeness (QED) is 0.802. The van der Waals surface area contributed by atoms with Gasteiger partial charge in [-0.15, -0.1) is 0 Å². The molecule has 0 radical (unpaired) electrons. The molecule has 0 aliphatic heterocycles. The number of aryl methyl sites for hydroxylation is 2. The number of nitrogens with one attached hydrogen (secondary N) is 1. The number of pyridine rings is 1. The van der Waals surface area contributed by atoms with E-state index >= 15 is 0 Å². The first-order valence-corrected chi connectivity index (χ1v) is 9.08. The third-order valence-electron chi connectivity index (χ3n) is 5.15. The van der Waals surface area contributed by atoms with E-state index in [4.69, 9.17) is 4.74 Å². The van der Waals surface area contributed by atoms with E-state index in [1.54, 1.807) is 19.4 Å². The summed E-state index contributed by atoms with van der Waals surface area (Å²) in [7, 11) is 1.58. The van der Waals surface area contributed by atoms with E-state index < -0.39 is 0 Å². The molecule has 0 unspecified atom stereocenters. The molecule has 1 heterocycles. The van der Waals surface area contributed by atoms with Crippen LogP contribution in [0.15, 0.2) is 42.6 Å². The van der Waals surface area contributed by atoms with Crippen LogP contribution in [-0.4, -0.2) is 29.2 Å². The minimum Gasteiger partial charge on any atom is -0.481 e. The number of aliphatic hydroxyl groups excluding tert-OH is 1. The third kappa shape index (κ3) is 4.41. The first kappa shape index (κ1) is 18.4. The summed E-state index contributed by atoms with van der Waals surface area (Å²) in [4.78, 5) is 16.8. The molecule has 0 spiro atoms. The summed E-state index contributed by atoms with van der Waals surface area (Å²) in [5.41, 5.74) is 3.36. The van der Waals surface area contributed by atoms with Crippen LogP contribution in [0.5, 0.6) is 5.88 Å². The highest BCUT2D eigenvalue weighted by molar-refractivity contribution is 5.76. The monoisotopic (exact) mass is 354 g/mol. The van der Waals surface area contributed by atoms with Gasteiger partial charge in [0, 0.05) is 18.7 Å². The van der Waals surface area contributed by atoms with Gasteiger partial charge >= 0.3 is 0 Å². The number of nitrogens with zero attached hydrogens (tertiary/aromatic N) is 1. The summed E-state index contributed by atoms with van der Waals surface area (Å²) < 4.78 is 5.11. The van der Waals surface area contributed by atoms with Gasteiger partial charge in [-0.05, 0) is 48.8 Å². The molecule has 1 aromatic carbocycles. The van der Waals surface area contributed by atoms with Crippen molar-refractivity contribution in [3.05, 3.63) is 59.3 Å². The van der Waals surface area contributed by atoms with Crippen LogP contribution in [0.2, 0.25) is 0 Å². The largest absolute Gasteiger partial charge is 0.481 e. The van der Waals surface area contributed by atoms with E-state index in [1.807, 2.05) is 18.2 Å². The predicted octanol–water partition coefficient (Wildman–Crippen LogP) is 2.96. The lowest BCUT2D eigenvalue weighted by atomic mass is 9.75. The van der Waals surface area contributed by atoms with Crippen molar-refractivity contribution in [3.63, 3.8) is 0 Å². The maximum Gasteiger partial charge on any atom is 0.220 e. The van der Waals surface area contributed by atoms with Gasteiger partial charge in [0.05, 0.1) is 19.3 Å². The van der Waals surface area contributed by atoms with Crippen LogP contribution in [0.4, 0.5) is 0 Å². The summed E-state index contributed by atoms with van der Waals surface area (Å²) in [6.45, 7) is 2.06. The number of ether oxygens (including phenoxy) is 1. The lowest BCUT2D eigenvalue weighted by Crippen LogP contribution is -2.41. The molecule has 3 rings (SSSR count). The Bertz CT molecular complexity index is 739. The van der Waals surface area contributed by atoms with Crippen molar-refractivity contribution in [2.75, 3.05) is 7.11 Å². The minimum absolute atomic E-state index is 0.0236. The van der Waals surface area contributed by atoms with Crippen LogP contribution >= 0.6 is 0 Å². The fraction of sp³-hybridized carbons (Fsp3) is 0.429. The molecule has 1 saturated carbocycles.